The van der Waals surface area contributed by atoms with Crippen molar-refractivity contribution in [3.63, 3.8) is 0 Å². The average molecular weight is 328 g/mol. The summed E-state index contributed by atoms with van der Waals surface area (Å²) in [7, 11) is 1.47. The smallest absolute Gasteiger partial charge is 0.434 e. The summed E-state index contributed by atoms with van der Waals surface area (Å²) >= 11 is 0. The van der Waals surface area contributed by atoms with Crippen molar-refractivity contribution in [3.8, 4) is 11.4 Å². The molecule has 0 unspecified atom stereocenters. The Balaban J connectivity index is 2.59. The summed E-state index contributed by atoms with van der Waals surface area (Å²) in [5.41, 5.74) is -0.967. The first-order valence-electron chi connectivity index (χ1n) is 6.77. The Labute approximate surface area is 130 Å². The monoisotopic (exact) mass is 328 g/mol. The summed E-state index contributed by atoms with van der Waals surface area (Å²) < 4.78 is 50.6. The van der Waals surface area contributed by atoms with Crippen LogP contribution in [-0.2, 0) is 10.9 Å². The summed E-state index contributed by atoms with van der Waals surface area (Å²) in [6.07, 6.45) is -3.90. The van der Waals surface area contributed by atoms with Gasteiger partial charge in [0.25, 0.3) is 0 Å². The van der Waals surface area contributed by atoms with Gasteiger partial charge >= 0.3 is 12.1 Å². The number of rotatable bonds is 4. The molecule has 1 aromatic carbocycles. The van der Waals surface area contributed by atoms with Crippen LogP contribution < -0.4 is 4.74 Å². The lowest BCUT2D eigenvalue weighted by Crippen LogP contribution is -2.18. The van der Waals surface area contributed by atoms with Gasteiger partial charge in [-0.05, 0) is 37.6 Å². The van der Waals surface area contributed by atoms with Crippen LogP contribution in [-0.4, -0.2) is 29.5 Å². The molecule has 0 aliphatic rings. The third-order valence-corrected chi connectivity index (χ3v) is 3.16. The number of alkyl halides is 3. The van der Waals surface area contributed by atoms with Crippen LogP contribution in [0, 0.1) is 6.92 Å². The number of nitrogens with zero attached hydrogens (tertiary/aromatic N) is 2. The molecule has 1 aromatic heterocycles. The van der Waals surface area contributed by atoms with Crippen LogP contribution in [0.3, 0.4) is 0 Å². The second-order valence-corrected chi connectivity index (χ2v) is 4.69. The fourth-order valence-corrected chi connectivity index (χ4v) is 2.17. The maximum absolute atomic E-state index is 13.4. The largest absolute Gasteiger partial charge is 0.496 e. The Hall–Kier alpha value is -2.51. The number of hydrogen-bond acceptors (Lipinski definition) is 4. The zero-order valence-electron chi connectivity index (χ0n) is 12.8. The van der Waals surface area contributed by atoms with Gasteiger partial charge in [-0.25, -0.2) is 9.48 Å². The van der Waals surface area contributed by atoms with Gasteiger partial charge in [0.15, 0.2) is 5.69 Å². The van der Waals surface area contributed by atoms with Crippen molar-refractivity contribution in [1.82, 2.24) is 9.78 Å². The van der Waals surface area contributed by atoms with Crippen LogP contribution in [0.4, 0.5) is 13.2 Å². The highest BCUT2D eigenvalue weighted by Gasteiger charge is 2.41. The molecule has 0 atom stereocenters. The molecule has 0 amide bonds. The molecule has 124 valence electrons. The van der Waals surface area contributed by atoms with Crippen LogP contribution in [0.25, 0.3) is 5.69 Å². The molecule has 0 saturated heterocycles. The van der Waals surface area contributed by atoms with E-state index in [0.29, 0.717) is 16.0 Å². The summed E-state index contributed by atoms with van der Waals surface area (Å²) in [5, 5.41) is 3.71. The molecule has 0 aliphatic carbocycles. The molecule has 0 saturated carbocycles. The van der Waals surface area contributed by atoms with Gasteiger partial charge in [0, 0.05) is 0 Å². The predicted molar refractivity (Wildman–Crippen MR) is 75.8 cm³/mol. The summed E-state index contributed by atoms with van der Waals surface area (Å²) in [4.78, 5) is 11.7. The molecule has 0 fully saturated rings. The summed E-state index contributed by atoms with van der Waals surface area (Å²) in [6.45, 7) is 3.19. The molecule has 0 radical (unpaired) electrons. The van der Waals surface area contributed by atoms with Crippen LogP contribution in [0.5, 0.6) is 5.75 Å². The molecule has 1 heterocycles. The highest BCUT2D eigenvalue weighted by molar-refractivity contribution is 5.90. The van der Waals surface area contributed by atoms with Crippen LogP contribution in [0.15, 0.2) is 24.4 Å². The predicted octanol–water partition coefficient (Wildman–Crippen LogP) is 3.38. The normalized spacial score (nSPS) is 11.4. The van der Waals surface area contributed by atoms with Crippen molar-refractivity contribution < 1.29 is 27.4 Å². The zero-order valence-corrected chi connectivity index (χ0v) is 12.8. The maximum Gasteiger partial charge on any atom is 0.434 e. The lowest BCUT2D eigenvalue weighted by atomic mass is 10.2. The standard InChI is InChI=1S/C15H15F3N2O3/c1-4-23-14(21)11-8-19-20(13(11)15(16,17)18)10-5-6-12(22-3)9(2)7-10/h5-8H,4H2,1-3H3. The molecule has 0 aliphatic heterocycles. The third kappa shape index (κ3) is 3.30. The number of aryl methyl sites for hydroxylation is 1. The molecule has 0 N–H and O–H groups in total. The van der Waals surface area contributed by atoms with E-state index in [1.54, 1.807) is 6.92 Å². The molecule has 23 heavy (non-hydrogen) atoms. The molecule has 0 bridgehead atoms. The molecule has 5 nitrogen and oxygen atoms in total. The number of carbonyl (C=O) groups is 1. The van der Waals surface area contributed by atoms with Gasteiger partial charge in [-0.15, -0.1) is 0 Å². The number of esters is 1. The topological polar surface area (TPSA) is 53.3 Å². The number of halogens is 3. The highest BCUT2D eigenvalue weighted by Crippen LogP contribution is 2.34. The summed E-state index contributed by atoms with van der Waals surface area (Å²) in [5.74, 6) is -0.517. The van der Waals surface area contributed by atoms with Gasteiger partial charge in [0.1, 0.15) is 11.3 Å². The van der Waals surface area contributed by atoms with Crippen LogP contribution in [0.1, 0.15) is 28.5 Å². The minimum atomic E-state index is -4.76. The van der Waals surface area contributed by atoms with Gasteiger partial charge in [0.05, 0.1) is 25.6 Å². The second kappa shape index (κ2) is 6.31. The van der Waals surface area contributed by atoms with Crippen molar-refractivity contribution in [2.75, 3.05) is 13.7 Å². The van der Waals surface area contributed by atoms with E-state index in [2.05, 4.69) is 9.84 Å². The Morgan fingerprint density at radius 3 is 2.57 bits per heavy atom. The number of hydrogen-bond donors (Lipinski definition) is 0. The molecular formula is C15H15F3N2O3. The Bertz CT molecular complexity index is 723. The van der Waals surface area contributed by atoms with Crippen LogP contribution in [0.2, 0.25) is 0 Å². The summed E-state index contributed by atoms with van der Waals surface area (Å²) in [6, 6.07) is 4.47. The van der Waals surface area contributed by atoms with Gasteiger partial charge in [-0.3, -0.25) is 0 Å². The molecule has 2 aromatic rings. The van der Waals surface area contributed by atoms with E-state index in [9.17, 15) is 18.0 Å². The van der Waals surface area contributed by atoms with Crippen molar-refractivity contribution >= 4 is 5.97 Å². The number of carbonyl (C=O) groups excluding carboxylic acids is 1. The Morgan fingerprint density at radius 1 is 1.35 bits per heavy atom. The fourth-order valence-electron chi connectivity index (χ4n) is 2.17. The van der Waals surface area contributed by atoms with Crippen LogP contribution >= 0.6 is 0 Å². The van der Waals surface area contributed by atoms with E-state index in [-0.39, 0.29) is 12.3 Å². The first-order chi connectivity index (χ1) is 10.8. The highest BCUT2D eigenvalue weighted by atomic mass is 19.4. The molecule has 2 rings (SSSR count). The third-order valence-electron chi connectivity index (χ3n) is 3.16. The zero-order chi connectivity index (χ0) is 17.2. The van der Waals surface area contributed by atoms with E-state index < -0.39 is 23.4 Å². The lowest BCUT2D eigenvalue weighted by Gasteiger charge is -2.13. The van der Waals surface area contributed by atoms with E-state index in [4.69, 9.17) is 4.74 Å². The van der Waals surface area contributed by atoms with Gasteiger partial charge < -0.3 is 9.47 Å². The SMILES string of the molecule is CCOC(=O)c1cnn(-c2ccc(OC)c(C)c2)c1C(F)(F)F. The average Bonchev–Trinajstić information content (AvgIpc) is 2.92. The number of ether oxygens (including phenoxy) is 2. The molecular weight excluding hydrogens is 313 g/mol. The maximum atomic E-state index is 13.4. The van der Waals surface area contributed by atoms with E-state index in [0.717, 1.165) is 6.20 Å². The van der Waals surface area contributed by atoms with Gasteiger partial charge in [-0.1, -0.05) is 0 Å². The van der Waals surface area contributed by atoms with E-state index >= 15 is 0 Å². The van der Waals surface area contributed by atoms with Crippen molar-refractivity contribution in [3.05, 3.63) is 41.2 Å². The van der Waals surface area contributed by atoms with Crippen molar-refractivity contribution in [1.29, 1.82) is 0 Å². The van der Waals surface area contributed by atoms with Gasteiger partial charge in [-0.2, -0.15) is 18.3 Å². The van der Waals surface area contributed by atoms with Crippen molar-refractivity contribution in [2.45, 2.75) is 20.0 Å². The molecule has 0 spiro atoms. The Kier molecular flexibility index (Phi) is 4.63. The van der Waals surface area contributed by atoms with E-state index in [1.165, 1.54) is 32.2 Å². The molecule has 8 heteroatoms. The minimum Gasteiger partial charge on any atom is -0.496 e. The lowest BCUT2D eigenvalue weighted by molar-refractivity contribution is -0.143. The quantitative estimate of drug-likeness (QED) is 0.808. The fraction of sp³-hybridized carbons (Fsp3) is 0.333. The first-order valence-corrected chi connectivity index (χ1v) is 6.77. The number of methoxy groups -OCH3 is 1. The van der Waals surface area contributed by atoms with Crippen molar-refractivity contribution in [2.24, 2.45) is 0 Å². The van der Waals surface area contributed by atoms with Gasteiger partial charge in [0.2, 0.25) is 0 Å². The Morgan fingerprint density at radius 2 is 2.04 bits per heavy atom. The number of benzene rings is 1. The number of aromatic nitrogens is 2. The van der Waals surface area contributed by atoms with E-state index in [1.807, 2.05) is 0 Å². The second-order valence-electron chi connectivity index (χ2n) is 4.69. The minimum absolute atomic E-state index is 0.0248. The first kappa shape index (κ1) is 16.9.